The van der Waals surface area contributed by atoms with E-state index in [4.69, 9.17) is 4.74 Å². The molecule has 1 saturated heterocycles. The van der Waals surface area contributed by atoms with Crippen LogP contribution in [0.15, 0.2) is 42.9 Å². The summed E-state index contributed by atoms with van der Waals surface area (Å²) >= 11 is 0. The molecule has 1 aliphatic rings. The molecule has 22 heavy (non-hydrogen) atoms. The minimum Gasteiger partial charge on any atom is -0.471 e. The van der Waals surface area contributed by atoms with Crippen molar-refractivity contribution in [1.29, 1.82) is 0 Å². The Bertz CT molecular complexity index is 651. The summed E-state index contributed by atoms with van der Waals surface area (Å²) in [7, 11) is 0. The molecule has 2 heterocycles. The number of aromatic nitrogens is 2. The molecule has 1 aromatic carbocycles. The van der Waals surface area contributed by atoms with Gasteiger partial charge in [0.1, 0.15) is 11.9 Å². The molecule has 0 N–H and O–H groups in total. The highest BCUT2D eigenvalue weighted by molar-refractivity contribution is 5.94. The highest BCUT2D eigenvalue weighted by Crippen LogP contribution is 2.18. The highest BCUT2D eigenvalue weighted by Gasteiger charge is 2.26. The van der Waals surface area contributed by atoms with Gasteiger partial charge in [0.15, 0.2) is 0 Å². The summed E-state index contributed by atoms with van der Waals surface area (Å²) < 4.78 is 19.0. The second kappa shape index (κ2) is 6.51. The fourth-order valence-electron chi connectivity index (χ4n) is 2.54. The second-order valence-corrected chi connectivity index (χ2v) is 5.19. The minimum absolute atomic E-state index is 0.122. The van der Waals surface area contributed by atoms with E-state index in [-0.39, 0.29) is 12.0 Å². The van der Waals surface area contributed by atoms with Gasteiger partial charge in [0.2, 0.25) is 5.88 Å². The molecule has 0 spiro atoms. The van der Waals surface area contributed by atoms with E-state index in [9.17, 15) is 9.18 Å². The Morgan fingerprint density at radius 3 is 3.05 bits per heavy atom. The number of likely N-dealkylation sites (tertiary alicyclic amines) is 1. The van der Waals surface area contributed by atoms with Crippen LogP contribution in [0.5, 0.6) is 5.88 Å². The first-order valence-electron chi connectivity index (χ1n) is 7.20. The SMILES string of the molecule is O=C(c1cccc(F)c1)N1CCCC(Oc2cnccn2)C1. The predicted molar refractivity (Wildman–Crippen MR) is 78.0 cm³/mol. The van der Waals surface area contributed by atoms with Gasteiger partial charge in [-0.25, -0.2) is 9.37 Å². The van der Waals surface area contributed by atoms with Crippen molar-refractivity contribution in [1.82, 2.24) is 14.9 Å². The molecule has 0 bridgehead atoms. The lowest BCUT2D eigenvalue weighted by Crippen LogP contribution is -2.44. The summed E-state index contributed by atoms with van der Waals surface area (Å²) in [4.78, 5) is 22.1. The monoisotopic (exact) mass is 301 g/mol. The van der Waals surface area contributed by atoms with E-state index in [0.717, 1.165) is 12.8 Å². The van der Waals surface area contributed by atoms with Crippen LogP contribution in [-0.4, -0.2) is 40.0 Å². The van der Waals surface area contributed by atoms with Crippen molar-refractivity contribution in [3.8, 4) is 5.88 Å². The Morgan fingerprint density at radius 2 is 2.27 bits per heavy atom. The lowest BCUT2D eigenvalue weighted by atomic mass is 10.1. The fourth-order valence-corrected chi connectivity index (χ4v) is 2.54. The first-order chi connectivity index (χ1) is 10.7. The summed E-state index contributed by atoms with van der Waals surface area (Å²) in [5.41, 5.74) is 0.361. The molecule has 114 valence electrons. The summed E-state index contributed by atoms with van der Waals surface area (Å²) in [6, 6.07) is 5.75. The number of halogens is 1. The molecule has 2 aromatic rings. The first kappa shape index (κ1) is 14.4. The summed E-state index contributed by atoms with van der Waals surface area (Å²) in [5, 5.41) is 0. The van der Waals surface area contributed by atoms with Gasteiger partial charge in [-0.1, -0.05) is 6.07 Å². The van der Waals surface area contributed by atoms with Crippen molar-refractivity contribution < 1.29 is 13.9 Å². The van der Waals surface area contributed by atoms with Gasteiger partial charge in [-0.3, -0.25) is 9.78 Å². The molecule has 1 unspecified atom stereocenters. The van der Waals surface area contributed by atoms with Crippen LogP contribution in [0.1, 0.15) is 23.2 Å². The lowest BCUT2D eigenvalue weighted by Gasteiger charge is -2.32. The zero-order valence-electron chi connectivity index (χ0n) is 12.0. The third-order valence-corrected chi connectivity index (χ3v) is 3.56. The number of nitrogens with zero attached hydrogens (tertiary/aromatic N) is 3. The van der Waals surface area contributed by atoms with Gasteiger partial charge in [-0.2, -0.15) is 0 Å². The Balaban J connectivity index is 1.66. The molecular formula is C16H16FN3O2. The van der Waals surface area contributed by atoms with E-state index < -0.39 is 5.82 Å². The second-order valence-electron chi connectivity index (χ2n) is 5.19. The third-order valence-electron chi connectivity index (χ3n) is 3.56. The van der Waals surface area contributed by atoms with E-state index >= 15 is 0 Å². The number of carbonyl (C=O) groups is 1. The van der Waals surface area contributed by atoms with Crippen LogP contribution in [0.4, 0.5) is 4.39 Å². The van der Waals surface area contributed by atoms with Gasteiger partial charge in [0, 0.05) is 24.5 Å². The van der Waals surface area contributed by atoms with Crippen molar-refractivity contribution in [2.75, 3.05) is 13.1 Å². The van der Waals surface area contributed by atoms with Crippen LogP contribution in [-0.2, 0) is 0 Å². The minimum atomic E-state index is -0.407. The van der Waals surface area contributed by atoms with Crippen LogP contribution < -0.4 is 4.74 Å². The smallest absolute Gasteiger partial charge is 0.254 e. The molecule has 1 aliphatic heterocycles. The standard InChI is InChI=1S/C16H16FN3O2/c17-13-4-1-3-12(9-13)16(21)20-8-2-5-14(11-20)22-15-10-18-6-7-19-15/h1,3-4,6-7,9-10,14H,2,5,8,11H2. The van der Waals surface area contributed by atoms with Gasteiger partial charge >= 0.3 is 0 Å². The van der Waals surface area contributed by atoms with Gasteiger partial charge in [-0.05, 0) is 31.0 Å². The number of hydrogen-bond acceptors (Lipinski definition) is 4. The van der Waals surface area contributed by atoms with E-state index in [1.54, 1.807) is 35.6 Å². The van der Waals surface area contributed by atoms with Gasteiger partial charge in [0.25, 0.3) is 5.91 Å². The number of benzene rings is 1. The molecule has 0 radical (unpaired) electrons. The Kier molecular flexibility index (Phi) is 4.27. The van der Waals surface area contributed by atoms with Crippen LogP contribution in [0.2, 0.25) is 0 Å². The van der Waals surface area contributed by atoms with E-state index in [0.29, 0.717) is 24.5 Å². The van der Waals surface area contributed by atoms with E-state index in [1.807, 2.05) is 0 Å². The van der Waals surface area contributed by atoms with Gasteiger partial charge < -0.3 is 9.64 Å². The fraction of sp³-hybridized carbons (Fsp3) is 0.312. The maximum Gasteiger partial charge on any atom is 0.254 e. The predicted octanol–water partition coefficient (Wildman–Crippen LogP) is 2.30. The zero-order chi connectivity index (χ0) is 15.4. The Hall–Kier alpha value is -2.50. The van der Waals surface area contributed by atoms with Crippen molar-refractivity contribution in [3.05, 3.63) is 54.2 Å². The average molecular weight is 301 g/mol. The van der Waals surface area contributed by atoms with Gasteiger partial charge in [0.05, 0.1) is 12.7 Å². The van der Waals surface area contributed by atoms with Crippen LogP contribution in [0.25, 0.3) is 0 Å². The first-order valence-corrected chi connectivity index (χ1v) is 7.20. The normalized spacial score (nSPS) is 18.0. The largest absolute Gasteiger partial charge is 0.471 e. The lowest BCUT2D eigenvalue weighted by molar-refractivity contribution is 0.0526. The number of carbonyl (C=O) groups excluding carboxylic acids is 1. The molecule has 1 amide bonds. The van der Waals surface area contributed by atoms with Crippen LogP contribution in [0.3, 0.4) is 0 Å². The average Bonchev–Trinajstić information content (AvgIpc) is 2.55. The summed E-state index contributed by atoms with van der Waals surface area (Å²) in [5.74, 6) is -0.130. The zero-order valence-corrected chi connectivity index (χ0v) is 12.0. The molecule has 0 aliphatic carbocycles. The Morgan fingerprint density at radius 1 is 1.36 bits per heavy atom. The highest BCUT2D eigenvalue weighted by atomic mass is 19.1. The molecule has 1 aromatic heterocycles. The molecular weight excluding hydrogens is 285 g/mol. The van der Waals surface area contributed by atoms with Crippen LogP contribution >= 0.6 is 0 Å². The maximum atomic E-state index is 13.2. The van der Waals surface area contributed by atoms with Crippen molar-refractivity contribution in [2.45, 2.75) is 18.9 Å². The molecule has 3 rings (SSSR count). The number of hydrogen-bond donors (Lipinski definition) is 0. The van der Waals surface area contributed by atoms with E-state index in [1.165, 1.54) is 12.1 Å². The molecule has 1 atom stereocenters. The molecule has 0 saturated carbocycles. The number of rotatable bonds is 3. The van der Waals surface area contributed by atoms with E-state index in [2.05, 4.69) is 9.97 Å². The maximum absolute atomic E-state index is 13.2. The van der Waals surface area contributed by atoms with Crippen molar-refractivity contribution >= 4 is 5.91 Å². The quantitative estimate of drug-likeness (QED) is 0.873. The number of piperidine rings is 1. The van der Waals surface area contributed by atoms with Crippen LogP contribution in [0, 0.1) is 5.82 Å². The molecule has 6 heteroatoms. The molecule has 1 fully saturated rings. The summed E-state index contributed by atoms with van der Waals surface area (Å²) in [6.45, 7) is 1.11. The Labute approximate surface area is 127 Å². The topological polar surface area (TPSA) is 55.3 Å². The summed E-state index contributed by atoms with van der Waals surface area (Å²) in [6.07, 6.45) is 6.26. The number of amides is 1. The van der Waals surface area contributed by atoms with Gasteiger partial charge in [-0.15, -0.1) is 0 Å². The number of ether oxygens (including phenoxy) is 1. The van der Waals surface area contributed by atoms with Crippen molar-refractivity contribution in [2.24, 2.45) is 0 Å². The molecule has 5 nitrogen and oxygen atoms in total. The third kappa shape index (κ3) is 3.39. The van der Waals surface area contributed by atoms with Crippen molar-refractivity contribution in [3.63, 3.8) is 0 Å².